The Morgan fingerprint density at radius 3 is 2.42 bits per heavy atom. The molecule has 0 N–H and O–H groups in total. The van der Waals surface area contributed by atoms with E-state index < -0.39 is 23.9 Å². The van der Waals surface area contributed by atoms with Gasteiger partial charge in [0.1, 0.15) is 11.6 Å². The lowest BCUT2D eigenvalue weighted by Gasteiger charge is -2.36. The standard InChI is InChI=1S/C27H18BrN5O3/c28-16-10-12-17(13-11-16)31-25(34)22-21-14-9-15-5-1-3-7-19(15)32(21)24(23(22)26(31)35)27(36)33-20-8-4-2-6-18(20)29-30-33/h1-14,21-24H/t21-,22+,23-,24-/m0/s1. The molecular formula is C27H18BrN5O3. The fraction of sp³-hybridized carbons (Fsp3) is 0.148. The molecule has 7 rings (SSSR count). The van der Waals surface area contributed by atoms with Gasteiger partial charge in [0.25, 0.3) is 5.91 Å². The average molecular weight is 540 g/mol. The highest BCUT2D eigenvalue weighted by atomic mass is 79.9. The van der Waals surface area contributed by atoms with Gasteiger partial charge in [-0.2, -0.15) is 4.68 Å². The van der Waals surface area contributed by atoms with Crippen LogP contribution in [-0.2, 0) is 9.59 Å². The lowest BCUT2D eigenvalue weighted by atomic mass is 9.88. The third-order valence-corrected chi connectivity index (χ3v) is 7.84. The number of aromatic nitrogens is 3. The largest absolute Gasteiger partial charge is 0.351 e. The molecule has 9 heteroatoms. The number of carbonyl (C=O) groups is 3. The van der Waals surface area contributed by atoms with Crippen LogP contribution in [0, 0.1) is 11.8 Å². The Bertz CT molecular complexity index is 1610. The maximum absolute atomic E-state index is 14.2. The number of para-hydroxylation sites is 2. The van der Waals surface area contributed by atoms with Crippen molar-refractivity contribution in [2.75, 3.05) is 9.80 Å². The van der Waals surface area contributed by atoms with E-state index >= 15 is 0 Å². The molecule has 36 heavy (non-hydrogen) atoms. The Morgan fingerprint density at radius 1 is 0.861 bits per heavy atom. The maximum atomic E-state index is 14.2. The summed E-state index contributed by atoms with van der Waals surface area (Å²) in [7, 11) is 0. The molecule has 2 saturated heterocycles. The van der Waals surface area contributed by atoms with Crippen molar-refractivity contribution in [1.29, 1.82) is 0 Å². The summed E-state index contributed by atoms with van der Waals surface area (Å²) in [4.78, 5) is 45.1. The van der Waals surface area contributed by atoms with E-state index in [2.05, 4.69) is 26.2 Å². The van der Waals surface area contributed by atoms with Crippen LogP contribution < -0.4 is 9.80 Å². The van der Waals surface area contributed by atoms with E-state index in [1.165, 1.54) is 9.58 Å². The van der Waals surface area contributed by atoms with Gasteiger partial charge >= 0.3 is 0 Å². The van der Waals surface area contributed by atoms with Crippen LogP contribution in [0.5, 0.6) is 0 Å². The normalized spacial score (nSPS) is 24.2. The predicted molar refractivity (Wildman–Crippen MR) is 137 cm³/mol. The van der Waals surface area contributed by atoms with Crippen LogP contribution in [0.1, 0.15) is 10.4 Å². The van der Waals surface area contributed by atoms with Gasteiger partial charge in [-0.1, -0.05) is 63.6 Å². The Morgan fingerprint density at radius 2 is 1.58 bits per heavy atom. The smallest absolute Gasteiger partial charge is 0.272 e. The van der Waals surface area contributed by atoms with Crippen molar-refractivity contribution < 1.29 is 14.4 Å². The third-order valence-electron chi connectivity index (χ3n) is 7.31. The minimum Gasteiger partial charge on any atom is -0.351 e. The summed E-state index contributed by atoms with van der Waals surface area (Å²) in [5.41, 5.74) is 3.38. The molecular weight excluding hydrogens is 522 g/mol. The summed E-state index contributed by atoms with van der Waals surface area (Å²) < 4.78 is 2.11. The zero-order valence-corrected chi connectivity index (χ0v) is 20.3. The van der Waals surface area contributed by atoms with Crippen molar-refractivity contribution in [2.24, 2.45) is 11.8 Å². The first-order chi connectivity index (χ1) is 17.5. The molecule has 0 radical (unpaired) electrons. The van der Waals surface area contributed by atoms with Crippen LogP contribution >= 0.6 is 15.9 Å². The van der Waals surface area contributed by atoms with E-state index in [4.69, 9.17) is 0 Å². The molecule has 2 fully saturated rings. The Balaban J connectivity index is 1.39. The van der Waals surface area contributed by atoms with Gasteiger partial charge in [0.2, 0.25) is 11.8 Å². The summed E-state index contributed by atoms with van der Waals surface area (Å²) in [6.07, 6.45) is 3.90. The number of amides is 2. The van der Waals surface area contributed by atoms with E-state index in [9.17, 15) is 14.4 Å². The number of carbonyl (C=O) groups excluding carboxylic acids is 3. The Kier molecular flexibility index (Phi) is 4.53. The van der Waals surface area contributed by atoms with Gasteiger partial charge in [0.15, 0.2) is 0 Å². The molecule has 4 aromatic rings. The second-order valence-electron chi connectivity index (χ2n) is 9.13. The number of anilines is 2. The highest BCUT2D eigenvalue weighted by Gasteiger charge is 2.64. The summed E-state index contributed by atoms with van der Waals surface area (Å²) >= 11 is 3.40. The summed E-state index contributed by atoms with van der Waals surface area (Å²) in [6, 6.07) is 20.6. The first-order valence-corrected chi connectivity index (χ1v) is 12.4. The Hall–Kier alpha value is -4.11. The van der Waals surface area contributed by atoms with E-state index in [1.54, 1.807) is 36.4 Å². The van der Waals surface area contributed by atoms with Gasteiger partial charge in [-0.15, -0.1) is 5.10 Å². The second-order valence-corrected chi connectivity index (χ2v) is 10.0. The topological polar surface area (TPSA) is 88.4 Å². The monoisotopic (exact) mass is 539 g/mol. The van der Waals surface area contributed by atoms with Crippen molar-refractivity contribution >= 4 is 62.1 Å². The number of imide groups is 1. The Labute approximate surface area is 213 Å². The van der Waals surface area contributed by atoms with Crippen LogP contribution in [0.25, 0.3) is 17.1 Å². The summed E-state index contributed by atoms with van der Waals surface area (Å²) in [6.45, 7) is 0. The van der Waals surface area contributed by atoms with E-state index in [0.29, 0.717) is 16.7 Å². The molecule has 0 aliphatic carbocycles. The van der Waals surface area contributed by atoms with Crippen molar-refractivity contribution in [3.63, 3.8) is 0 Å². The van der Waals surface area contributed by atoms with Gasteiger partial charge < -0.3 is 4.90 Å². The van der Waals surface area contributed by atoms with Crippen LogP contribution in [0.4, 0.5) is 11.4 Å². The zero-order valence-electron chi connectivity index (χ0n) is 18.7. The first kappa shape index (κ1) is 21.2. The number of hydrogen-bond acceptors (Lipinski definition) is 6. The number of fused-ring (bicyclic) bond motifs is 6. The molecule has 8 nitrogen and oxygen atoms in total. The van der Waals surface area contributed by atoms with E-state index in [1.807, 2.05) is 53.5 Å². The van der Waals surface area contributed by atoms with E-state index in [0.717, 1.165) is 15.7 Å². The maximum Gasteiger partial charge on any atom is 0.272 e. The molecule has 0 unspecified atom stereocenters. The molecule has 0 bridgehead atoms. The lowest BCUT2D eigenvalue weighted by Crippen LogP contribution is -2.50. The molecule has 3 aliphatic heterocycles. The van der Waals surface area contributed by atoms with Gasteiger partial charge in [-0.25, -0.2) is 4.90 Å². The number of nitrogens with zero attached hydrogens (tertiary/aromatic N) is 5. The fourth-order valence-electron chi connectivity index (χ4n) is 5.80. The molecule has 2 amide bonds. The van der Waals surface area contributed by atoms with Crippen LogP contribution in [-0.4, -0.2) is 44.8 Å². The first-order valence-electron chi connectivity index (χ1n) is 11.6. The molecule has 3 aliphatic rings. The summed E-state index contributed by atoms with van der Waals surface area (Å²) in [5.74, 6) is -2.63. The lowest BCUT2D eigenvalue weighted by molar-refractivity contribution is -0.122. The van der Waals surface area contributed by atoms with E-state index in [-0.39, 0.29) is 17.7 Å². The van der Waals surface area contributed by atoms with Crippen LogP contribution in [0.2, 0.25) is 0 Å². The van der Waals surface area contributed by atoms with Crippen molar-refractivity contribution in [3.8, 4) is 0 Å². The summed E-state index contributed by atoms with van der Waals surface area (Å²) in [5, 5.41) is 8.28. The quantitative estimate of drug-likeness (QED) is 0.358. The van der Waals surface area contributed by atoms with Crippen molar-refractivity contribution in [2.45, 2.75) is 12.1 Å². The van der Waals surface area contributed by atoms with Gasteiger partial charge in [0, 0.05) is 10.2 Å². The average Bonchev–Trinajstić information content (AvgIpc) is 3.56. The molecule has 3 aromatic carbocycles. The highest BCUT2D eigenvalue weighted by Crippen LogP contribution is 2.49. The third kappa shape index (κ3) is 2.83. The van der Waals surface area contributed by atoms with Gasteiger partial charge in [0.05, 0.1) is 29.1 Å². The molecule has 4 heterocycles. The van der Waals surface area contributed by atoms with Crippen molar-refractivity contribution in [1.82, 2.24) is 15.0 Å². The number of hydrogen-bond donors (Lipinski definition) is 0. The number of benzene rings is 3. The van der Waals surface area contributed by atoms with Gasteiger partial charge in [-0.05, 0) is 48.0 Å². The zero-order chi connectivity index (χ0) is 24.6. The molecule has 0 spiro atoms. The second kappa shape index (κ2) is 7.69. The molecule has 0 saturated carbocycles. The van der Waals surface area contributed by atoms with Crippen LogP contribution in [0.15, 0.2) is 83.3 Å². The molecule has 1 aromatic heterocycles. The molecule has 4 atom stereocenters. The minimum atomic E-state index is -0.923. The molecule has 176 valence electrons. The number of rotatable bonds is 2. The SMILES string of the molecule is O=C1[C@H]2[C@H](C(=O)N1c1ccc(Br)cc1)[C@@H]1C=Cc3ccccc3N1[C@@H]2C(=O)n1nnc2ccccc21. The van der Waals surface area contributed by atoms with Gasteiger partial charge in [-0.3, -0.25) is 14.4 Å². The fourth-order valence-corrected chi connectivity index (χ4v) is 6.06. The number of halogens is 1. The minimum absolute atomic E-state index is 0.301. The van der Waals surface area contributed by atoms with Crippen LogP contribution in [0.3, 0.4) is 0 Å². The highest BCUT2D eigenvalue weighted by molar-refractivity contribution is 9.10. The van der Waals surface area contributed by atoms with Crippen molar-refractivity contribution in [3.05, 3.63) is 88.9 Å². The predicted octanol–water partition coefficient (Wildman–Crippen LogP) is 3.92.